The van der Waals surface area contributed by atoms with Crippen molar-refractivity contribution in [2.45, 2.75) is 311 Å². The third-order valence-corrected chi connectivity index (χ3v) is 33.2. The van der Waals surface area contributed by atoms with Gasteiger partial charge in [0.2, 0.25) is 12.6 Å². The van der Waals surface area contributed by atoms with E-state index < -0.39 is 72.3 Å². The van der Waals surface area contributed by atoms with Crippen molar-refractivity contribution in [1.29, 1.82) is 0 Å². The minimum absolute atomic E-state index is 0.0383. The van der Waals surface area contributed by atoms with Crippen molar-refractivity contribution >= 4 is 23.8 Å². The summed E-state index contributed by atoms with van der Waals surface area (Å²) in [4.78, 5) is 52.7. The lowest BCUT2D eigenvalue weighted by atomic mass is 9.41. The molecule has 12 unspecified atom stereocenters. The van der Waals surface area contributed by atoms with Gasteiger partial charge in [0, 0.05) is 50.9 Å². The molecular weight excluding hydrogens is 1330 g/mol. The Balaban J connectivity index is 0.000000152. The van der Waals surface area contributed by atoms with Gasteiger partial charge in [0.1, 0.15) is 0 Å². The van der Waals surface area contributed by atoms with Crippen LogP contribution in [0, 0.1) is 101 Å². The number of amides is 2. The average Bonchev–Trinajstić information content (AvgIpc) is 1.46. The first-order valence-corrected chi connectivity index (χ1v) is 40.5. The Morgan fingerprint density at radius 3 is 1.37 bits per heavy atom. The maximum absolute atomic E-state index is 13.6. The van der Waals surface area contributed by atoms with Crippen LogP contribution in [0.2, 0.25) is 0 Å². The third kappa shape index (κ3) is 11.9. The molecule has 10 aliphatic carbocycles. The van der Waals surface area contributed by atoms with Crippen molar-refractivity contribution in [2.75, 3.05) is 26.3 Å². The molecule has 19 nitrogen and oxygen atoms in total. The maximum Gasteiger partial charge on any atom is 0.303 e. The van der Waals surface area contributed by atoms with Crippen molar-refractivity contribution < 1.29 is 83.0 Å². The van der Waals surface area contributed by atoms with Gasteiger partial charge in [0.05, 0.1) is 73.2 Å². The van der Waals surface area contributed by atoms with Crippen LogP contribution >= 0.6 is 0 Å². The zero-order chi connectivity index (χ0) is 75.7. The fraction of sp³-hybridized carbons (Fsp3) is 0.814. The quantitative estimate of drug-likeness (QED) is 0.108. The van der Waals surface area contributed by atoms with E-state index in [9.17, 15) is 49.8 Å². The van der Waals surface area contributed by atoms with E-state index in [0.29, 0.717) is 81.3 Å². The first-order chi connectivity index (χ1) is 49.1. The number of rotatable bonds is 12. The topological polar surface area (TPSA) is 261 Å². The van der Waals surface area contributed by atoms with Gasteiger partial charge in [0.15, 0.2) is 12.2 Å². The number of aliphatic hydroxyl groups excluding tert-OH is 4. The summed E-state index contributed by atoms with van der Waals surface area (Å²) in [6.45, 7) is 36.0. The molecule has 10 saturated carbocycles. The molecule has 105 heavy (non-hydrogen) atoms. The predicted molar refractivity (Wildman–Crippen MR) is 392 cm³/mol. The Bertz CT molecular complexity index is 3560. The second kappa shape index (κ2) is 26.8. The van der Waals surface area contributed by atoms with E-state index in [2.05, 4.69) is 81.4 Å². The van der Waals surface area contributed by atoms with E-state index in [1.807, 2.05) is 53.4 Å². The van der Waals surface area contributed by atoms with Crippen LogP contribution < -0.4 is 0 Å². The predicted octanol–water partition coefficient (Wildman–Crippen LogP) is 11.5. The summed E-state index contributed by atoms with van der Waals surface area (Å²) in [5.74, 6) is 1.50. The largest absolute Gasteiger partial charge is 0.457 e. The number of esters is 2. The van der Waals surface area contributed by atoms with Crippen molar-refractivity contribution in [3.63, 3.8) is 0 Å². The zero-order valence-electron chi connectivity index (χ0n) is 65.9. The minimum atomic E-state index is -1.29. The highest BCUT2D eigenvalue weighted by Crippen LogP contribution is 2.91. The first kappa shape index (κ1) is 77.6. The minimum Gasteiger partial charge on any atom is -0.457 e. The number of carbonyl (C=O) groups is 4. The molecule has 14 aliphatic rings. The molecule has 28 atom stereocenters. The molecule has 4 heterocycles. The van der Waals surface area contributed by atoms with Crippen molar-refractivity contribution in [3.8, 4) is 0 Å². The number of hydrogen-bond acceptors (Lipinski definition) is 17. The second-order valence-corrected chi connectivity index (χ2v) is 39.5. The van der Waals surface area contributed by atoms with Crippen LogP contribution in [-0.4, -0.2) is 175 Å². The van der Waals surface area contributed by atoms with Crippen molar-refractivity contribution in [3.05, 3.63) is 71.8 Å². The molecule has 2 aromatic carbocycles. The van der Waals surface area contributed by atoms with Gasteiger partial charge in [-0.3, -0.25) is 19.2 Å². The lowest BCUT2D eigenvalue weighted by Crippen LogP contribution is -2.60. The lowest BCUT2D eigenvalue weighted by molar-refractivity contribution is -0.244. The normalized spacial score (nSPS) is 46.4. The fourth-order valence-corrected chi connectivity index (χ4v) is 28.4. The van der Waals surface area contributed by atoms with Gasteiger partial charge in [-0.05, 0) is 232 Å². The zero-order valence-corrected chi connectivity index (χ0v) is 65.9. The van der Waals surface area contributed by atoms with Crippen LogP contribution in [0.4, 0.5) is 0 Å². The standard InChI is InChI=1S/C43H63NO8.C32H52O6.C11H13NO3/c1-25-22-28(35(39(5,6)48)50-26(2)45)51-33-32(25)40(7)18-19-43-24-42(43)17-16-31(38(3,4)29(42)14-15-30(43)41(40,8)34(33)46)52-37-36(47)44(20-21-49-37)23-27-12-10-9-11-13-27;1-17-15-19(26(28(5,6)36)37-18(2)33)38-24-23(17)29(7)13-14-32-16-31(32)12-11-22(34)27(3,4)20(31)9-10-21(32)30(29,8)25(24)35;13-10-11(14)15-7-6-12(10)8-9-4-2-1-3-5-9/h9-13,25,28-35,37,46,48H,14-24H2,1-8H3;17,19-26,34-36H,9-16H2,1-8H3;1-5,11,14H,6-8H2/t25-,28?,29+,30+,31?,32?,33?,34+,35+,37?,40-,41-,42-,43?;17-,19?,20+,21+,22?,23?,24?,25+,26+,29-,30-,31-,32?;/m11./s1. The highest BCUT2D eigenvalue weighted by Gasteiger charge is 2.87. The second-order valence-electron chi connectivity index (χ2n) is 39.5. The smallest absolute Gasteiger partial charge is 0.303 e. The molecule has 584 valence electrons. The van der Waals surface area contributed by atoms with Crippen LogP contribution in [0.25, 0.3) is 0 Å². The third-order valence-electron chi connectivity index (χ3n) is 33.2. The maximum atomic E-state index is 13.6. The van der Waals surface area contributed by atoms with Crippen LogP contribution in [-0.2, 0) is 65.4 Å². The van der Waals surface area contributed by atoms with E-state index in [-0.39, 0.29) is 109 Å². The van der Waals surface area contributed by atoms with Gasteiger partial charge in [-0.2, -0.15) is 0 Å². The van der Waals surface area contributed by atoms with E-state index in [1.54, 1.807) is 32.6 Å². The number of ether oxygens (including phenoxy) is 7. The Kier molecular flexibility index (Phi) is 19.8. The summed E-state index contributed by atoms with van der Waals surface area (Å²) >= 11 is 0. The summed E-state index contributed by atoms with van der Waals surface area (Å²) in [6.07, 6.45) is 9.89. The molecule has 6 N–H and O–H groups in total. The first-order valence-electron chi connectivity index (χ1n) is 40.5. The number of morpholine rings is 2. The van der Waals surface area contributed by atoms with Crippen LogP contribution in [0.1, 0.15) is 225 Å². The molecule has 2 aromatic rings. The number of carbonyl (C=O) groups excluding carboxylic acids is 4. The van der Waals surface area contributed by atoms with Crippen molar-refractivity contribution in [1.82, 2.24) is 9.80 Å². The van der Waals surface area contributed by atoms with Gasteiger partial charge >= 0.3 is 11.9 Å². The SMILES string of the molecule is CC(=O)O[C@@H](C1C[C@@H](C)C2C(O1)[C@H](O)[C@@]1(C)[C@@H]3CC[C@H]4C(C)(C)C(O)CC[C@@]45CC35CC[C@]21C)C(C)(C)O.CC(=O)O[C@@H](C1C[C@@H](C)C2C(O1)[C@H](O)[C@@]1(C)[C@@H]3CC[C@H]4C(C)(C)C(OC5OCCN(Cc6ccccc6)C5=O)CC[C@@]45CC35CC[C@]21C)C(C)(C)O.O=C1C(O)OCCN1Cc1ccccc1. The lowest BCUT2D eigenvalue weighted by Gasteiger charge is -2.63. The number of hydrogen-bond donors (Lipinski definition) is 6. The molecule has 19 heteroatoms. The summed E-state index contributed by atoms with van der Waals surface area (Å²) in [5, 5.41) is 67.0. The molecule has 0 aromatic heterocycles. The van der Waals surface area contributed by atoms with E-state index in [0.717, 1.165) is 75.3 Å². The Morgan fingerprint density at radius 2 is 0.933 bits per heavy atom. The Hall–Kier alpha value is -4.12. The van der Waals surface area contributed by atoms with Gasteiger partial charge < -0.3 is 73.6 Å². The van der Waals surface area contributed by atoms with Crippen LogP contribution in [0.15, 0.2) is 60.7 Å². The fourth-order valence-electron chi connectivity index (χ4n) is 28.4. The molecule has 2 amide bonds. The average molecular weight is 1460 g/mol. The van der Waals surface area contributed by atoms with Gasteiger partial charge in [0.25, 0.3) is 11.8 Å². The molecule has 0 radical (unpaired) electrons. The highest BCUT2D eigenvalue weighted by atomic mass is 16.7. The molecule has 14 fully saturated rings. The number of nitrogens with zero attached hydrogens (tertiary/aromatic N) is 2. The monoisotopic (exact) mass is 1460 g/mol. The van der Waals surface area contributed by atoms with E-state index >= 15 is 0 Å². The van der Waals surface area contributed by atoms with E-state index in [1.165, 1.54) is 39.5 Å². The molecule has 4 spiro atoms. The van der Waals surface area contributed by atoms with Crippen LogP contribution in [0.5, 0.6) is 0 Å². The van der Waals surface area contributed by atoms with Gasteiger partial charge in [-0.1, -0.05) is 130 Å². The summed E-state index contributed by atoms with van der Waals surface area (Å²) in [6, 6.07) is 19.8. The molecule has 0 bridgehead atoms. The Morgan fingerprint density at radius 1 is 0.533 bits per heavy atom. The van der Waals surface area contributed by atoms with Crippen LogP contribution in [0.3, 0.4) is 0 Å². The molecule has 4 saturated heterocycles. The molecular formula is C86H128N2O17. The van der Waals surface area contributed by atoms with E-state index in [4.69, 9.17) is 33.2 Å². The summed E-state index contributed by atoms with van der Waals surface area (Å²) < 4.78 is 42.5. The highest BCUT2D eigenvalue weighted by molar-refractivity contribution is 5.80. The van der Waals surface area contributed by atoms with Gasteiger partial charge in [-0.25, -0.2) is 0 Å². The number of fused-ring (bicyclic) bond motifs is 8. The molecule has 16 rings (SSSR count). The molecule has 4 aliphatic heterocycles. The summed E-state index contributed by atoms with van der Waals surface area (Å²) in [5.41, 5.74) is -0.280. The van der Waals surface area contributed by atoms with Gasteiger partial charge in [-0.15, -0.1) is 0 Å². The summed E-state index contributed by atoms with van der Waals surface area (Å²) in [7, 11) is 0. The number of aliphatic hydroxyl groups is 6. The Labute approximate surface area is 624 Å². The number of benzene rings is 2. The van der Waals surface area contributed by atoms with Crippen molar-refractivity contribution in [2.24, 2.45) is 101 Å².